The fourth-order valence-corrected chi connectivity index (χ4v) is 4.19. The fourth-order valence-electron chi connectivity index (χ4n) is 4.19. The van der Waals surface area contributed by atoms with Crippen LogP contribution < -0.4 is 15.6 Å². The number of hydrogen-bond acceptors (Lipinski definition) is 4. The van der Waals surface area contributed by atoms with Crippen LogP contribution in [0.25, 0.3) is 16.7 Å². The van der Waals surface area contributed by atoms with E-state index in [1.165, 1.54) is 4.40 Å². The molecule has 36 heavy (non-hydrogen) atoms. The molecule has 5 rings (SSSR count). The zero-order valence-corrected chi connectivity index (χ0v) is 20.4. The van der Waals surface area contributed by atoms with Gasteiger partial charge in [-0.05, 0) is 60.9 Å². The number of pyridine rings is 1. The number of fused-ring (bicyclic) bond motifs is 2. The third-order valence-corrected chi connectivity index (χ3v) is 6.11. The van der Waals surface area contributed by atoms with E-state index in [1.54, 1.807) is 12.3 Å². The van der Waals surface area contributed by atoms with Gasteiger partial charge in [-0.1, -0.05) is 49.7 Å². The number of anilines is 1. The number of aryl methyl sites for hydroxylation is 1. The summed E-state index contributed by atoms with van der Waals surface area (Å²) in [7, 11) is 0. The Hall–Kier alpha value is -4.39. The molecule has 0 radical (unpaired) electrons. The third kappa shape index (κ3) is 4.73. The molecule has 3 heterocycles. The van der Waals surface area contributed by atoms with Crippen LogP contribution in [-0.4, -0.2) is 26.5 Å². The number of aromatic nitrogens is 3. The van der Waals surface area contributed by atoms with Crippen molar-refractivity contribution in [3.05, 3.63) is 106 Å². The highest BCUT2D eigenvalue weighted by Crippen LogP contribution is 2.21. The quantitative estimate of drug-likeness (QED) is 0.300. The summed E-state index contributed by atoms with van der Waals surface area (Å²) in [5.41, 5.74) is 3.79. The lowest BCUT2D eigenvalue weighted by molar-refractivity contribution is 0.101. The van der Waals surface area contributed by atoms with Gasteiger partial charge in [0.15, 0.2) is 0 Å². The van der Waals surface area contributed by atoms with Crippen molar-refractivity contribution in [2.45, 2.75) is 33.2 Å². The number of amides is 1. The number of nitrogens with zero attached hydrogens (tertiary/aromatic N) is 3. The summed E-state index contributed by atoms with van der Waals surface area (Å²) in [6.07, 6.45) is 3.83. The van der Waals surface area contributed by atoms with Gasteiger partial charge in [-0.15, -0.1) is 0 Å². The first kappa shape index (κ1) is 23.4. The molecule has 0 aliphatic carbocycles. The van der Waals surface area contributed by atoms with Gasteiger partial charge in [-0.25, -0.2) is 4.98 Å². The molecule has 0 saturated heterocycles. The predicted octanol–water partition coefficient (Wildman–Crippen LogP) is 5.44. The number of unbranched alkanes of at least 4 members (excludes halogenated alkanes) is 1. The lowest BCUT2D eigenvalue weighted by Crippen LogP contribution is -2.18. The van der Waals surface area contributed by atoms with Crippen molar-refractivity contribution in [1.29, 1.82) is 0 Å². The highest BCUT2D eigenvalue weighted by atomic mass is 16.5. The molecule has 7 nitrogen and oxygen atoms in total. The number of carbonyl (C=O) groups excluding carboxylic acids is 1. The van der Waals surface area contributed by atoms with E-state index >= 15 is 0 Å². The number of nitrogens with one attached hydrogen (secondary N) is 1. The first-order chi connectivity index (χ1) is 17.5. The summed E-state index contributed by atoms with van der Waals surface area (Å²) < 4.78 is 9.05. The molecule has 5 aromatic rings. The summed E-state index contributed by atoms with van der Waals surface area (Å²) in [4.78, 5) is 31.6. The van der Waals surface area contributed by atoms with Crippen molar-refractivity contribution in [2.75, 3.05) is 11.9 Å². The zero-order chi connectivity index (χ0) is 25.1. The van der Waals surface area contributed by atoms with Gasteiger partial charge < -0.3 is 14.6 Å². The van der Waals surface area contributed by atoms with Gasteiger partial charge in [0.1, 0.15) is 22.7 Å². The summed E-state index contributed by atoms with van der Waals surface area (Å²) in [5, 5.41) is 3.36. The van der Waals surface area contributed by atoms with Crippen LogP contribution in [0, 0.1) is 6.92 Å². The molecule has 7 heteroatoms. The first-order valence-corrected chi connectivity index (χ1v) is 12.1. The standard InChI is InChI=1S/C29H28N4O3/c1-3-4-16-36-23-13-11-22(12-14-23)30-28(34)25-17-24-27(32(25)19-21-8-6-5-7-9-21)31-26-15-10-20(2)18-33(26)29(24)35/h5-15,17-18H,3-4,16,19H2,1-2H3,(H,30,34). The number of ether oxygens (including phenoxy) is 1. The Balaban J connectivity index is 1.54. The molecular formula is C29H28N4O3. The van der Waals surface area contributed by atoms with Crippen LogP contribution in [0.1, 0.15) is 41.4 Å². The maximum atomic E-state index is 13.4. The predicted molar refractivity (Wildman–Crippen MR) is 142 cm³/mol. The van der Waals surface area contributed by atoms with Crippen molar-refractivity contribution >= 4 is 28.3 Å². The van der Waals surface area contributed by atoms with E-state index in [-0.39, 0.29) is 11.5 Å². The molecule has 1 amide bonds. The van der Waals surface area contributed by atoms with Crippen LogP contribution in [0.15, 0.2) is 83.8 Å². The molecule has 1 N–H and O–H groups in total. The Kier molecular flexibility index (Phi) is 6.54. The Bertz CT molecular complexity index is 1590. The molecule has 0 bridgehead atoms. The second-order valence-electron chi connectivity index (χ2n) is 8.87. The van der Waals surface area contributed by atoms with Crippen molar-refractivity contribution < 1.29 is 9.53 Å². The van der Waals surface area contributed by atoms with Crippen LogP contribution in [0.4, 0.5) is 5.69 Å². The third-order valence-electron chi connectivity index (χ3n) is 6.11. The Morgan fingerprint density at radius 3 is 2.56 bits per heavy atom. The maximum absolute atomic E-state index is 13.4. The zero-order valence-electron chi connectivity index (χ0n) is 20.4. The van der Waals surface area contributed by atoms with Crippen LogP contribution in [0.2, 0.25) is 0 Å². The molecule has 0 saturated carbocycles. The van der Waals surface area contributed by atoms with Crippen molar-refractivity contribution in [3.63, 3.8) is 0 Å². The van der Waals surface area contributed by atoms with Gasteiger partial charge in [0, 0.05) is 18.4 Å². The van der Waals surface area contributed by atoms with E-state index in [0.717, 1.165) is 29.7 Å². The number of hydrogen-bond donors (Lipinski definition) is 1. The largest absolute Gasteiger partial charge is 0.494 e. The average molecular weight is 481 g/mol. The van der Waals surface area contributed by atoms with Gasteiger partial charge in [0.2, 0.25) is 0 Å². The second-order valence-corrected chi connectivity index (χ2v) is 8.87. The van der Waals surface area contributed by atoms with Gasteiger partial charge in [0.05, 0.1) is 12.0 Å². The molecule has 182 valence electrons. The van der Waals surface area contributed by atoms with E-state index in [1.807, 2.05) is 78.2 Å². The van der Waals surface area contributed by atoms with E-state index in [2.05, 4.69) is 12.2 Å². The molecule has 0 spiro atoms. The maximum Gasteiger partial charge on any atom is 0.272 e. The van der Waals surface area contributed by atoms with Crippen LogP contribution in [-0.2, 0) is 6.54 Å². The minimum Gasteiger partial charge on any atom is -0.494 e. The average Bonchev–Trinajstić information content (AvgIpc) is 3.25. The van der Waals surface area contributed by atoms with Crippen molar-refractivity contribution in [2.24, 2.45) is 0 Å². The SMILES string of the molecule is CCCCOc1ccc(NC(=O)c2cc3c(=O)n4cc(C)ccc4nc3n2Cc2ccccc2)cc1. The first-order valence-electron chi connectivity index (χ1n) is 12.1. The molecule has 2 aromatic carbocycles. The summed E-state index contributed by atoms with van der Waals surface area (Å²) in [5.74, 6) is 0.451. The highest BCUT2D eigenvalue weighted by molar-refractivity contribution is 6.06. The smallest absolute Gasteiger partial charge is 0.272 e. The highest BCUT2D eigenvalue weighted by Gasteiger charge is 2.20. The topological polar surface area (TPSA) is 77.6 Å². The van der Waals surface area contributed by atoms with Crippen molar-refractivity contribution in [3.8, 4) is 5.75 Å². The molecular weight excluding hydrogens is 452 g/mol. The Morgan fingerprint density at radius 1 is 1.03 bits per heavy atom. The lowest BCUT2D eigenvalue weighted by atomic mass is 10.2. The van der Waals surface area contributed by atoms with Crippen molar-refractivity contribution in [1.82, 2.24) is 14.0 Å². The number of carbonyl (C=O) groups is 1. The number of rotatable bonds is 8. The fraction of sp³-hybridized carbons (Fsp3) is 0.207. The summed E-state index contributed by atoms with van der Waals surface area (Å²) in [6, 6.07) is 22.5. The molecule has 0 fully saturated rings. The Labute approximate surface area is 209 Å². The van der Waals surface area contributed by atoms with Gasteiger partial charge in [-0.3, -0.25) is 14.0 Å². The van der Waals surface area contributed by atoms with E-state index in [4.69, 9.17) is 9.72 Å². The second kappa shape index (κ2) is 10.1. The molecule has 0 aliphatic heterocycles. The Morgan fingerprint density at radius 2 is 1.81 bits per heavy atom. The van der Waals surface area contributed by atoms with E-state index in [0.29, 0.717) is 41.2 Å². The normalized spacial score (nSPS) is 11.2. The number of benzene rings is 2. The monoisotopic (exact) mass is 480 g/mol. The van der Waals surface area contributed by atoms with Crippen LogP contribution in [0.5, 0.6) is 5.75 Å². The summed E-state index contributed by atoms with van der Waals surface area (Å²) >= 11 is 0. The molecule has 0 atom stereocenters. The molecule has 0 aliphatic rings. The van der Waals surface area contributed by atoms with Gasteiger partial charge >= 0.3 is 0 Å². The summed E-state index contributed by atoms with van der Waals surface area (Å²) in [6.45, 7) is 5.12. The minimum absolute atomic E-state index is 0.201. The van der Waals surface area contributed by atoms with Gasteiger partial charge in [0.25, 0.3) is 11.5 Å². The minimum atomic E-state index is -0.312. The molecule has 3 aromatic heterocycles. The van der Waals surface area contributed by atoms with E-state index < -0.39 is 0 Å². The van der Waals surface area contributed by atoms with E-state index in [9.17, 15) is 9.59 Å². The lowest BCUT2D eigenvalue weighted by Gasteiger charge is -2.12. The van der Waals surface area contributed by atoms with Crippen LogP contribution in [0.3, 0.4) is 0 Å². The molecule has 0 unspecified atom stereocenters. The van der Waals surface area contributed by atoms with Gasteiger partial charge in [-0.2, -0.15) is 0 Å². The van der Waals surface area contributed by atoms with Crippen LogP contribution >= 0.6 is 0 Å².